The minimum atomic E-state index is -0.701. The highest BCUT2D eigenvalue weighted by atomic mass is 35.5. The SMILES string of the molecule is Cl.OC(Cc1ccccc1)(Cc1ccccc1)CN1CCCC1. The van der Waals surface area contributed by atoms with Crippen molar-refractivity contribution in [1.29, 1.82) is 0 Å². The largest absolute Gasteiger partial charge is 0.388 e. The van der Waals surface area contributed by atoms with Crippen LogP contribution in [-0.2, 0) is 12.8 Å². The summed E-state index contributed by atoms with van der Waals surface area (Å²) in [5.74, 6) is 0. The number of β-amino-alcohol motifs (C(OH)–C–C–N with tert-alkyl or cyclic N) is 1. The molecule has 0 amide bonds. The van der Waals surface area contributed by atoms with Crippen LogP contribution in [0.5, 0.6) is 0 Å². The predicted molar refractivity (Wildman–Crippen MR) is 98.2 cm³/mol. The number of rotatable bonds is 6. The lowest BCUT2D eigenvalue weighted by atomic mass is 9.87. The monoisotopic (exact) mass is 331 g/mol. The first-order valence-electron chi connectivity index (χ1n) is 8.26. The summed E-state index contributed by atoms with van der Waals surface area (Å²) in [6.45, 7) is 2.99. The van der Waals surface area contributed by atoms with E-state index < -0.39 is 5.60 Å². The highest BCUT2D eigenvalue weighted by Crippen LogP contribution is 2.23. The maximum absolute atomic E-state index is 11.3. The second kappa shape index (κ2) is 8.49. The standard InChI is InChI=1S/C20H25NO.ClH/c22-20(17-21-13-7-8-14-21,15-18-9-3-1-4-10-18)16-19-11-5-2-6-12-19;/h1-6,9-12,22H,7-8,13-17H2;1H. The number of hydrogen-bond acceptors (Lipinski definition) is 2. The third-order valence-corrected chi connectivity index (χ3v) is 4.47. The Labute approximate surface area is 145 Å². The molecule has 1 aliphatic heterocycles. The van der Waals surface area contributed by atoms with Gasteiger partial charge in [-0.05, 0) is 37.1 Å². The Kier molecular flexibility index (Phi) is 6.64. The number of hydrogen-bond donors (Lipinski definition) is 1. The molecule has 1 N–H and O–H groups in total. The number of likely N-dealkylation sites (tertiary alicyclic amines) is 1. The molecule has 0 unspecified atom stereocenters. The van der Waals surface area contributed by atoms with E-state index in [-0.39, 0.29) is 12.4 Å². The van der Waals surface area contributed by atoms with Gasteiger partial charge in [-0.1, -0.05) is 60.7 Å². The molecule has 0 aromatic heterocycles. The molecule has 2 nitrogen and oxygen atoms in total. The van der Waals surface area contributed by atoms with Crippen molar-refractivity contribution in [3.63, 3.8) is 0 Å². The van der Waals surface area contributed by atoms with Crippen LogP contribution in [0.25, 0.3) is 0 Å². The quantitative estimate of drug-likeness (QED) is 0.872. The maximum Gasteiger partial charge on any atom is 0.0854 e. The topological polar surface area (TPSA) is 23.5 Å². The van der Waals surface area contributed by atoms with Crippen molar-refractivity contribution in [3.8, 4) is 0 Å². The molecular formula is C20H26ClNO. The van der Waals surface area contributed by atoms with Gasteiger partial charge in [0.15, 0.2) is 0 Å². The summed E-state index contributed by atoms with van der Waals surface area (Å²) in [5.41, 5.74) is 1.72. The van der Waals surface area contributed by atoms with Gasteiger partial charge in [0, 0.05) is 19.4 Å². The summed E-state index contributed by atoms with van der Waals surface area (Å²) < 4.78 is 0. The zero-order chi connectivity index (χ0) is 15.3. The lowest BCUT2D eigenvalue weighted by Crippen LogP contribution is -2.45. The van der Waals surface area contributed by atoms with Crippen LogP contribution in [0.2, 0.25) is 0 Å². The number of aliphatic hydroxyl groups is 1. The highest BCUT2D eigenvalue weighted by molar-refractivity contribution is 5.85. The molecule has 0 atom stereocenters. The highest BCUT2D eigenvalue weighted by Gasteiger charge is 2.31. The first-order valence-corrected chi connectivity index (χ1v) is 8.26. The van der Waals surface area contributed by atoms with E-state index in [1.165, 1.54) is 24.0 Å². The summed E-state index contributed by atoms with van der Waals surface area (Å²) in [6.07, 6.45) is 3.93. The van der Waals surface area contributed by atoms with Gasteiger partial charge in [0.05, 0.1) is 5.60 Å². The van der Waals surface area contributed by atoms with Crippen LogP contribution in [-0.4, -0.2) is 35.2 Å². The fourth-order valence-corrected chi connectivity index (χ4v) is 3.48. The molecule has 0 bridgehead atoms. The molecule has 2 aromatic rings. The number of halogens is 1. The minimum absolute atomic E-state index is 0. The van der Waals surface area contributed by atoms with Crippen LogP contribution in [0.4, 0.5) is 0 Å². The van der Waals surface area contributed by atoms with Crippen molar-refractivity contribution in [2.24, 2.45) is 0 Å². The molecule has 0 aliphatic carbocycles. The molecule has 1 heterocycles. The zero-order valence-electron chi connectivity index (χ0n) is 13.5. The van der Waals surface area contributed by atoms with Gasteiger partial charge in [-0.15, -0.1) is 12.4 Å². The van der Waals surface area contributed by atoms with Crippen molar-refractivity contribution >= 4 is 12.4 Å². The molecule has 0 saturated carbocycles. The van der Waals surface area contributed by atoms with E-state index in [1.807, 2.05) is 36.4 Å². The van der Waals surface area contributed by atoms with Crippen molar-refractivity contribution in [2.45, 2.75) is 31.3 Å². The summed E-state index contributed by atoms with van der Waals surface area (Å²) >= 11 is 0. The van der Waals surface area contributed by atoms with Gasteiger partial charge in [-0.25, -0.2) is 0 Å². The first kappa shape index (κ1) is 18.0. The van der Waals surface area contributed by atoms with Crippen LogP contribution < -0.4 is 0 Å². The van der Waals surface area contributed by atoms with E-state index in [4.69, 9.17) is 0 Å². The van der Waals surface area contributed by atoms with Crippen LogP contribution in [0.15, 0.2) is 60.7 Å². The van der Waals surface area contributed by atoms with Crippen LogP contribution in [0.3, 0.4) is 0 Å². The summed E-state index contributed by atoms with van der Waals surface area (Å²) in [5, 5.41) is 11.3. The minimum Gasteiger partial charge on any atom is -0.388 e. The molecule has 1 saturated heterocycles. The van der Waals surface area contributed by atoms with Gasteiger partial charge in [0.1, 0.15) is 0 Å². The van der Waals surface area contributed by atoms with E-state index in [9.17, 15) is 5.11 Å². The van der Waals surface area contributed by atoms with Crippen molar-refractivity contribution in [3.05, 3.63) is 71.8 Å². The Hall–Kier alpha value is -1.35. The van der Waals surface area contributed by atoms with Crippen LogP contribution >= 0.6 is 12.4 Å². The maximum atomic E-state index is 11.3. The smallest absolute Gasteiger partial charge is 0.0854 e. The molecule has 1 fully saturated rings. The summed E-state index contributed by atoms with van der Waals surface area (Å²) in [4.78, 5) is 2.41. The Balaban J connectivity index is 0.00000192. The van der Waals surface area contributed by atoms with Gasteiger partial charge in [0.25, 0.3) is 0 Å². The average molecular weight is 332 g/mol. The number of nitrogens with zero attached hydrogens (tertiary/aromatic N) is 1. The molecule has 124 valence electrons. The molecule has 2 aromatic carbocycles. The van der Waals surface area contributed by atoms with E-state index >= 15 is 0 Å². The predicted octanol–water partition coefficient (Wildman–Crippen LogP) is 3.72. The molecule has 3 heteroatoms. The molecule has 23 heavy (non-hydrogen) atoms. The number of benzene rings is 2. The van der Waals surface area contributed by atoms with E-state index in [0.717, 1.165) is 19.6 Å². The van der Waals surface area contributed by atoms with E-state index in [2.05, 4.69) is 29.2 Å². The fourth-order valence-electron chi connectivity index (χ4n) is 3.48. The average Bonchev–Trinajstić information content (AvgIpc) is 3.01. The van der Waals surface area contributed by atoms with Crippen molar-refractivity contribution in [2.75, 3.05) is 19.6 Å². The molecule has 0 radical (unpaired) electrons. The molecule has 3 rings (SSSR count). The van der Waals surface area contributed by atoms with Gasteiger partial charge in [-0.3, -0.25) is 0 Å². The Morgan fingerprint density at radius 3 is 1.65 bits per heavy atom. The molecule has 1 aliphatic rings. The Bertz CT molecular complexity index is 525. The lowest BCUT2D eigenvalue weighted by Gasteiger charge is -2.33. The summed E-state index contributed by atoms with van der Waals surface area (Å²) in [6, 6.07) is 20.7. The Morgan fingerprint density at radius 1 is 0.783 bits per heavy atom. The second-order valence-corrected chi connectivity index (χ2v) is 6.53. The fraction of sp³-hybridized carbons (Fsp3) is 0.400. The second-order valence-electron chi connectivity index (χ2n) is 6.53. The molecular weight excluding hydrogens is 306 g/mol. The third kappa shape index (κ3) is 5.35. The summed E-state index contributed by atoms with van der Waals surface area (Å²) in [7, 11) is 0. The van der Waals surface area contributed by atoms with Crippen LogP contribution in [0, 0.1) is 0 Å². The van der Waals surface area contributed by atoms with E-state index in [0.29, 0.717) is 12.8 Å². The zero-order valence-corrected chi connectivity index (χ0v) is 14.3. The van der Waals surface area contributed by atoms with Crippen LogP contribution in [0.1, 0.15) is 24.0 Å². The third-order valence-electron chi connectivity index (χ3n) is 4.47. The van der Waals surface area contributed by atoms with Gasteiger partial charge in [-0.2, -0.15) is 0 Å². The van der Waals surface area contributed by atoms with Gasteiger partial charge >= 0.3 is 0 Å². The van der Waals surface area contributed by atoms with E-state index in [1.54, 1.807) is 0 Å². The van der Waals surface area contributed by atoms with Gasteiger partial charge in [0.2, 0.25) is 0 Å². The first-order chi connectivity index (χ1) is 10.7. The molecule has 0 spiro atoms. The van der Waals surface area contributed by atoms with Gasteiger partial charge < -0.3 is 10.0 Å². The van der Waals surface area contributed by atoms with Crippen molar-refractivity contribution < 1.29 is 5.11 Å². The normalized spacial score (nSPS) is 15.3. The van der Waals surface area contributed by atoms with Crippen molar-refractivity contribution in [1.82, 2.24) is 4.90 Å². The Morgan fingerprint density at radius 2 is 1.22 bits per heavy atom. The lowest BCUT2D eigenvalue weighted by molar-refractivity contribution is 0.00973.